The highest BCUT2D eigenvalue weighted by Crippen LogP contribution is 2.29. The van der Waals surface area contributed by atoms with Crippen LogP contribution < -0.4 is 5.32 Å². The van der Waals surface area contributed by atoms with Crippen molar-refractivity contribution in [3.63, 3.8) is 0 Å². The highest BCUT2D eigenvalue weighted by atomic mass is 16.2. The Hall–Kier alpha value is -0.570. The van der Waals surface area contributed by atoms with Crippen LogP contribution in [0.2, 0.25) is 0 Å². The molecule has 0 radical (unpaired) electrons. The molecule has 0 bridgehead atoms. The van der Waals surface area contributed by atoms with Crippen molar-refractivity contribution < 1.29 is 4.79 Å². The third-order valence-corrected chi connectivity index (χ3v) is 3.83. The molecule has 1 N–H and O–H groups in total. The number of piperazine rings is 1. The monoisotopic (exact) mass is 240 g/mol. The van der Waals surface area contributed by atoms with Gasteiger partial charge in [-0.1, -0.05) is 41.5 Å². The van der Waals surface area contributed by atoms with Crippen molar-refractivity contribution in [3.05, 3.63) is 0 Å². The first-order valence-corrected chi connectivity index (χ1v) is 6.79. The maximum atomic E-state index is 11.6. The molecule has 3 nitrogen and oxygen atoms in total. The summed E-state index contributed by atoms with van der Waals surface area (Å²) < 4.78 is 0. The largest absolute Gasteiger partial charge is 0.353 e. The van der Waals surface area contributed by atoms with Crippen LogP contribution in [0.5, 0.6) is 0 Å². The number of nitrogens with one attached hydrogen (secondary N) is 1. The van der Waals surface area contributed by atoms with Gasteiger partial charge in [0.1, 0.15) is 0 Å². The summed E-state index contributed by atoms with van der Waals surface area (Å²) in [5.41, 5.74) is 0.204. The Morgan fingerprint density at radius 3 is 2.41 bits per heavy atom. The van der Waals surface area contributed by atoms with Crippen molar-refractivity contribution in [2.75, 3.05) is 13.1 Å². The summed E-state index contributed by atoms with van der Waals surface area (Å²) in [7, 11) is 0. The molecule has 1 aliphatic heterocycles. The van der Waals surface area contributed by atoms with Gasteiger partial charge in [0.25, 0.3) is 0 Å². The lowest BCUT2D eigenvalue weighted by molar-refractivity contribution is -0.129. The van der Waals surface area contributed by atoms with Gasteiger partial charge >= 0.3 is 0 Å². The Morgan fingerprint density at radius 1 is 1.41 bits per heavy atom. The first-order valence-electron chi connectivity index (χ1n) is 6.79. The molecule has 0 aromatic rings. The maximum Gasteiger partial charge on any atom is 0.234 e. The molecule has 0 aromatic heterocycles. The zero-order valence-corrected chi connectivity index (χ0v) is 12.2. The molecule has 0 spiro atoms. The minimum absolute atomic E-state index is 0.171. The summed E-state index contributed by atoms with van der Waals surface area (Å²) in [6.45, 7) is 14.8. The van der Waals surface area contributed by atoms with E-state index in [1.54, 1.807) is 0 Å². The molecule has 0 aromatic carbocycles. The van der Waals surface area contributed by atoms with Gasteiger partial charge in [-0.3, -0.25) is 9.69 Å². The van der Waals surface area contributed by atoms with Gasteiger partial charge in [0.05, 0.1) is 6.54 Å². The molecule has 1 heterocycles. The van der Waals surface area contributed by atoms with E-state index in [9.17, 15) is 4.79 Å². The van der Waals surface area contributed by atoms with Gasteiger partial charge in [-0.2, -0.15) is 0 Å². The Labute approximate surface area is 106 Å². The SMILES string of the molecule is CCC(C(C)C)N1CC(=O)NCC1C(C)(C)C. The van der Waals surface area contributed by atoms with Gasteiger partial charge in [0.2, 0.25) is 5.91 Å². The summed E-state index contributed by atoms with van der Waals surface area (Å²) >= 11 is 0. The van der Waals surface area contributed by atoms with Crippen LogP contribution in [0.4, 0.5) is 0 Å². The van der Waals surface area contributed by atoms with E-state index in [2.05, 4.69) is 51.8 Å². The fourth-order valence-corrected chi connectivity index (χ4v) is 2.90. The minimum atomic E-state index is 0.171. The van der Waals surface area contributed by atoms with Crippen LogP contribution in [0.25, 0.3) is 0 Å². The van der Waals surface area contributed by atoms with E-state index in [1.165, 1.54) is 0 Å². The predicted octanol–water partition coefficient (Wildman–Crippen LogP) is 2.27. The minimum Gasteiger partial charge on any atom is -0.353 e. The summed E-state index contributed by atoms with van der Waals surface area (Å²) in [6, 6.07) is 0.942. The second-order valence-electron chi connectivity index (χ2n) is 6.58. The van der Waals surface area contributed by atoms with Gasteiger partial charge in [0.15, 0.2) is 0 Å². The average molecular weight is 240 g/mol. The van der Waals surface area contributed by atoms with E-state index in [4.69, 9.17) is 0 Å². The number of hydrogen-bond donors (Lipinski definition) is 1. The molecule has 1 saturated heterocycles. The van der Waals surface area contributed by atoms with Crippen molar-refractivity contribution in [2.45, 2.75) is 60.0 Å². The van der Waals surface area contributed by atoms with Crippen molar-refractivity contribution in [1.82, 2.24) is 10.2 Å². The quantitative estimate of drug-likeness (QED) is 0.821. The second kappa shape index (κ2) is 5.38. The zero-order valence-electron chi connectivity index (χ0n) is 12.2. The van der Waals surface area contributed by atoms with Crippen molar-refractivity contribution in [3.8, 4) is 0 Å². The summed E-state index contributed by atoms with van der Waals surface area (Å²) in [6.07, 6.45) is 1.11. The number of nitrogens with zero attached hydrogens (tertiary/aromatic N) is 1. The van der Waals surface area contributed by atoms with Gasteiger partial charge in [-0.05, 0) is 17.8 Å². The Balaban J connectivity index is 2.91. The predicted molar refractivity (Wildman–Crippen MR) is 71.9 cm³/mol. The molecule has 0 saturated carbocycles. The van der Waals surface area contributed by atoms with E-state index in [0.29, 0.717) is 24.5 Å². The van der Waals surface area contributed by atoms with Gasteiger partial charge < -0.3 is 5.32 Å². The van der Waals surface area contributed by atoms with Crippen LogP contribution in [0.15, 0.2) is 0 Å². The fourth-order valence-electron chi connectivity index (χ4n) is 2.90. The number of amides is 1. The summed E-state index contributed by atoms with van der Waals surface area (Å²) in [5, 5.41) is 3.01. The highest BCUT2D eigenvalue weighted by Gasteiger charge is 2.38. The van der Waals surface area contributed by atoms with Gasteiger partial charge in [0, 0.05) is 18.6 Å². The second-order valence-corrected chi connectivity index (χ2v) is 6.58. The van der Waals surface area contributed by atoms with Crippen LogP contribution in [0.1, 0.15) is 48.0 Å². The fraction of sp³-hybridized carbons (Fsp3) is 0.929. The van der Waals surface area contributed by atoms with Gasteiger partial charge in [-0.25, -0.2) is 0 Å². The Morgan fingerprint density at radius 2 is 2.00 bits per heavy atom. The first kappa shape index (κ1) is 14.5. The standard InChI is InChI=1S/C14H28N2O/c1-7-11(10(2)3)16-9-13(17)15-8-12(16)14(4,5)6/h10-12H,7-9H2,1-6H3,(H,15,17). The van der Waals surface area contributed by atoms with Crippen LogP contribution >= 0.6 is 0 Å². The van der Waals surface area contributed by atoms with E-state index < -0.39 is 0 Å². The molecule has 3 heteroatoms. The molecule has 1 aliphatic rings. The zero-order chi connectivity index (χ0) is 13.2. The number of carbonyl (C=O) groups excluding carboxylic acids is 1. The average Bonchev–Trinajstić information content (AvgIpc) is 2.16. The molecule has 1 fully saturated rings. The van der Waals surface area contributed by atoms with E-state index in [0.717, 1.165) is 13.0 Å². The molecule has 1 rings (SSSR count). The lowest BCUT2D eigenvalue weighted by Crippen LogP contribution is -2.62. The lowest BCUT2D eigenvalue weighted by Gasteiger charge is -2.47. The van der Waals surface area contributed by atoms with Gasteiger partial charge in [-0.15, -0.1) is 0 Å². The van der Waals surface area contributed by atoms with E-state index >= 15 is 0 Å². The maximum absolute atomic E-state index is 11.6. The third-order valence-electron chi connectivity index (χ3n) is 3.83. The molecule has 0 aliphatic carbocycles. The molecular formula is C14H28N2O. The molecule has 100 valence electrons. The van der Waals surface area contributed by atoms with Crippen molar-refractivity contribution >= 4 is 5.91 Å². The summed E-state index contributed by atoms with van der Waals surface area (Å²) in [4.78, 5) is 14.1. The first-order chi connectivity index (χ1) is 7.77. The normalized spacial score (nSPS) is 24.9. The number of rotatable bonds is 3. The van der Waals surface area contributed by atoms with Crippen LogP contribution in [0.3, 0.4) is 0 Å². The smallest absolute Gasteiger partial charge is 0.234 e. The topological polar surface area (TPSA) is 32.3 Å². The Kier molecular flexibility index (Phi) is 4.59. The third kappa shape index (κ3) is 3.44. The molecule has 2 unspecified atom stereocenters. The summed E-state index contributed by atoms with van der Waals surface area (Å²) in [5.74, 6) is 0.764. The molecular weight excluding hydrogens is 212 g/mol. The van der Waals surface area contributed by atoms with E-state index in [-0.39, 0.29) is 11.3 Å². The Bertz CT molecular complexity index is 268. The molecule has 1 amide bonds. The van der Waals surface area contributed by atoms with Crippen molar-refractivity contribution in [2.24, 2.45) is 11.3 Å². The molecule has 17 heavy (non-hydrogen) atoms. The van der Waals surface area contributed by atoms with E-state index in [1.807, 2.05) is 0 Å². The van der Waals surface area contributed by atoms with Crippen LogP contribution in [-0.2, 0) is 4.79 Å². The van der Waals surface area contributed by atoms with Crippen LogP contribution in [-0.4, -0.2) is 36.0 Å². The van der Waals surface area contributed by atoms with Crippen LogP contribution in [0, 0.1) is 11.3 Å². The van der Waals surface area contributed by atoms with Crippen molar-refractivity contribution in [1.29, 1.82) is 0 Å². The highest BCUT2D eigenvalue weighted by molar-refractivity contribution is 5.79. The molecule has 2 atom stereocenters. The number of carbonyl (C=O) groups is 1. The lowest BCUT2D eigenvalue weighted by atomic mass is 9.82. The number of hydrogen-bond acceptors (Lipinski definition) is 2.